The smallest absolute Gasteiger partial charge is 0.407 e. The number of nitrogens with one attached hydrogen (secondary N) is 1. The summed E-state index contributed by atoms with van der Waals surface area (Å²) >= 11 is 0. The molecule has 1 aromatic heterocycles. The molecule has 0 aliphatic rings. The quantitative estimate of drug-likeness (QED) is 0.606. The van der Waals surface area contributed by atoms with Gasteiger partial charge in [0.25, 0.3) is 0 Å². The third-order valence-electron chi connectivity index (χ3n) is 4.19. The van der Waals surface area contributed by atoms with E-state index in [-0.39, 0.29) is 18.6 Å². The van der Waals surface area contributed by atoms with Crippen LogP contribution in [0.3, 0.4) is 0 Å². The van der Waals surface area contributed by atoms with Crippen LogP contribution in [-0.4, -0.2) is 32.0 Å². The molecule has 0 aliphatic heterocycles. The summed E-state index contributed by atoms with van der Waals surface area (Å²) in [7, 11) is 1.59. The Labute approximate surface area is 174 Å². The number of fused-ring (bicyclic) bond motifs is 1. The molecule has 2 aromatic carbocycles. The van der Waals surface area contributed by atoms with Gasteiger partial charge in [0.15, 0.2) is 5.43 Å². The van der Waals surface area contributed by atoms with Gasteiger partial charge in [0.05, 0.1) is 24.6 Å². The highest BCUT2D eigenvalue weighted by molar-refractivity contribution is 5.82. The van der Waals surface area contributed by atoms with Crippen LogP contribution in [0.1, 0.15) is 20.8 Å². The van der Waals surface area contributed by atoms with Crippen LogP contribution >= 0.6 is 0 Å². The molecule has 0 radical (unpaired) electrons. The van der Waals surface area contributed by atoms with Crippen LogP contribution in [0, 0.1) is 0 Å². The average molecular weight is 411 g/mol. The molecule has 0 fully saturated rings. The molecule has 1 N–H and O–H groups in total. The zero-order valence-electron chi connectivity index (χ0n) is 17.5. The first-order chi connectivity index (χ1) is 14.3. The number of rotatable bonds is 6. The van der Waals surface area contributed by atoms with Gasteiger partial charge in [-0.2, -0.15) is 0 Å². The topological polar surface area (TPSA) is 87.0 Å². The van der Waals surface area contributed by atoms with Gasteiger partial charge in [-0.15, -0.1) is 0 Å². The van der Waals surface area contributed by atoms with Crippen molar-refractivity contribution in [1.82, 2.24) is 5.32 Å². The zero-order valence-corrected chi connectivity index (χ0v) is 17.5. The highest BCUT2D eigenvalue weighted by Gasteiger charge is 2.15. The summed E-state index contributed by atoms with van der Waals surface area (Å²) in [5, 5.41) is 3.08. The monoisotopic (exact) mass is 411 g/mol. The van der Waals surface area contributed by atoms with Crippen molar-refractivity contribution < 1.29 is 23.4 Å². The Morgan fingerprint density at radius 1 is 1.07 bits per heavy atom. The number of amides is 1. The Morgan fingerprint density at radius 2 is 1.77 bits per heavy atom. The molecule has 0 spiro atoms. The molecule has 1 heterocycles. The molecule has 7 nitrogen and oxygen atoms in total. The number of ether oxygens (including phenoxy) is 3. The van der Waals surface area contributed by atoms with Gasteiger partial charge < -0.3 is 23.9 Å². The molecule has 7 heteroatoms. The van der Waals surface area contributed by atoms with Crippen molar-refractivity contribution in [3.63, 3.8) is 0 Å². The van der Waals surface area contributed by atoms with Crippen LogP contribution in [0.4, 0.5) is 4.79 Å². The third-order valence-corrected chi connectivity index (χ3v) is 4.19. The average Bonchev–Trinajstić information content (AvgIpc) is 2.70. The van der Waals surface area contributed by atoms with Crippen molar-refractivity contribution in [2.24, 2.45) is 0 Å². The van der Waals surface area contributed by atoms with E-state index in [0.717, 1.165) is 5.56 Å². The summed E-state index contributed by atoms with van der Waals surface area (Å²) in [6.45, 7) is 5.93. The normalized spacial score (nSPS) is 11.2. The number of alkyl carbamates (subject to hydrolysis) is 1. The van der Waals surface area contributed by atoms with Crippen molar-refractivity contribution >= 4 is 17.1 Å². The molecule has 0 aliphatic carbocycles. The Morgan fingerprint density at radius 3 is 2.43 bits per heavy atom. The second-order valence-electron chi connectivity index (χ2n) is 7.64. The van der Waals surface area contributed by atoms with Crippen LogP contribution in [0.2, 0.25) is 0 Å². The van der Waals surface area contributed by atoms with Crippen LogP contribution in [0.5, 0.6) is 11.5 Å². The minimum Gasteiger partial charge on any atom is -0.497 e. The summed E-state index contributed by atoms with van der Waals surface area (Å²) in [6.07, 6.45) is 0.946. The van der Waals surface area contributed by atoms with Gasteiger partial charge in [0.2, 0.25) is 0 Å². The SMILES string of the molecule is COc1ccc(-c2coc3cc(OCCNC(=O)OC(C)(C)C)ccc3c2=O)cc1. The molecule has 0 saturated heterocycles. The molecular weight excluding hydrogens is 386 g/mol. The summed E-state index contributed by atoms with van der Waals surface area (Å²) in [4.78, 5) is 24.5. The lowest BCUT2D eigenvalue weighted by atomic mass is 10.1. The third kappa shape index (κ3) is 5.31. The van der Waals surface area contributed by atoms with E-state index in [1.807, 2.05) is 12.1 Å². The molecule has 0 saturated carbocycles. The van der Waals surface area contributed by atoms with Crippen LogP contribution in [0.15, 0.2) is 57.9 Å². The second-order valence-corrected chi connectivity index (χ2v) is 7.64. The molecule has 0 atom stereocenters. The standard InChI is InChI=1S/C23H25NO6/c1-23(2,3)30-22(26)24-11-12-28-17-9-10-18-20(13-17)29-14-19(21(18)25)15-5-7-16(27-4)8-6-15/h5-10,13-14H,11-12H2,1-4H3,(H,24,26). The fourth-order valence-electron chi connectivity index (χ4n) is 2.80. The predicted octanol–water partition coefficient (Wildman–Crippen LogP) is 4.37. The molecule has 3 rings (SSSR count). The number of benzene rings is 2. The van der Waals surface area contributed by atoms with Crippen molar-refractivity contribution in [1.29, 1.82) is 0 Å². The Bertz CT molecular complexity index is 1080. The van der Waals surface area contributed by atoms with Gasteiger partial charge in [-0.05, 0) is 50.6 Å². The first-order valence-corrected chi connectivity index (χ1v) is 9.56. The fourth-order valence-corrected chi connectivity index (χ4v) is 2.80. The Kier molecular flexibility index (Phi) is 6.30. The lowest BCUT2D eigenvalue weighted by Crippen LogP contribution is -2.34. The molecule has 0 bridgehead atoms. The minimum absolute atomic E-state index is 0.125. The maximum atomic E-state index is 12.9. The van der Waals surface area contributed by atoms with E-state index < -0.39 is 11.7 Å². The molecular formula is C23H25NO6. The van der Waals surface area contributed by atoms with Crippen molar-refractivity contribution in [3.8, 4) is 22.6 Å². The summed E-state index contributed by atoms with van der Waals surface area (Å²) in [5.74, 6) is 1.25. The van der Waals surface area contributed by atoms with Gasteiger partial charge in [0.1, 0.15) is 35.6 Å². The maximum absolute atomic E-state index is 12.9. The number of hydrogen-bond acceptors (Lipinski definition) is 6. The van der Waals surface area contributed by atoms with E-state index in [2.05, 4.69) is 5.32 Å². The van der Waals surface area contributed by atoms with Gasteiger partial charge >= 0.3 is 6.09 Å². The van der Waals surface area contributed by atoms with Gasteiger partial charge in [-0.1, -0.05) is 12.1 Å². The Hall–Kier alpha value is -3.48. The predicted molar refractivity (Wildman–Crippen MR) is 114 cm³/mol. The zero-order chi connectivity index (χ0) is 21.7. The molecule has 30 heavy (non-hydrogen) atoms. The fraction of sp³-hybridized carbons (Fsp3) is 0.304. The van der Waals surface area contributed by atoms with Gasteiger partial charge in [-0.25, -0.2) is 4.79 Å². The first-order valence-electron chi connectivity index (χ1n) is 9.56. The highest BCUT2D eigenvalue weighted by Crippen LogP contribution is 2.24. The minimum atomic E-state index is -0.550. The Balaban J connectivity index is 1.67. The number of methoxy groups -OCH3 is 1. The second kappa shape index (κ2) is 8.90. The van der Waals surface area contributed by atoms with E-state index in [0.29, 0.717) is 28.0 Å². The van der Waals surface area contributed by atoms with Gasteiger partial charge in [-0.3, -0.25) is 4.79 Å². The maximum Gasteiger partial charge on any atom is 0.407 e. The van der Waals surface area contributed by atoms with E-state index in [1.54, 1.807) is 58.2 Å². The first kappa shape index (κ1) is 21.2. The summed E-state index contributed by atoms with van der Waals surface area (Å²) < 4.78 is 21.6. The summed E-state index contributed by atoms with van der Waals surface area (Å²) in [6, 6.07) is 12.2. The van der Waals surface area contributed by atoms with E-state index in [4.69, 9.17) is 18.6 Å². The van der Waals surface area contributed by atoms with Crippen LogP contribution < -0.4 is 20.2 Å². The van der Waals surface area contributed by atoms with Crippen LogP contribution in [0.25, 0.3) is 22.1 Å². The molecule has 1 amide bonds. The number of hydrogen-bond donors (Lipinski definition) is 1. The van der Waals surface area contributed by atoms with Crippen molar-refractivity contribution in [2.45, 2.75) is 26.4 Å². The van der Waals surface area contributed by atoms with E-state index in [9.17, 15) is 9.59 Å². The molecule has 158 valence electrons. The largest absolute Gasteiger partial charge is 0.497 e. The molecule has 0 unspecified atom stereocenters. The lowest BCUT2D eigenvalue weighted by Gasteiger charge is -2.19. The van der Waals surface area contributed by atoms with Crippen LogP contribution in [-0.2, 0) is 4.74 Å². The van der Waals surface area contributed by atoms with Crippen molar-refractivity contribution in [2.75, 3.05) is 20.3 Å². The number of carbonyl (C=O) groups excluding carboxylic acids is 1. The molecule has 3 aromatic rings. The highest BCUT2D eigenvalue weighted by atomic mass is 16.6. The van der Waals surface area contributed by atoms with E-state index >= 15 is 0 Å². The summed E-state index contributed by atoms with van der Waals surface area (Å²) in [5.41, 5.74) is 0.973. The van der Waals surface area contributed by atoms with Crippen molar-refractivity contribution in [3.05, 3.63) is 59.0 Å². The van der Waals surface area contributed by atoms with E-state index in [1.165, 1.54) is 6.26 Å². The number of carbonyl (C=O) groups is 1. The van der Waals surface area contributed by atoms with Gasteiger partial charge in [0, 0.05) is 6.07 Å². The lowest BCUT2D eigenvalue weighted by molar-refractivity contribution is 0.0520.